The summed E-state index contributed by atoms with van der Waals surface area (Å²) in [5.41, 5.74) is 3.82. The van der Waals surface area contributed by atoms with Gasteiger partial charge in [-0.25, -0.2) is 0 Å². The Morgan fingerprint density at radius 3 is 2.39 bits per heavy atom. The minimum Gasteiger partial charge on any atom is -0.337 e. The lowest BCUT2D eigenvalue weighted by atomic mass is 9.84. The molecule has 0 N–H and O–H groups in total. The first-order valence-electron chi connectivity index (χ1n) is 8.61. The van der Waals surface area contributed by atoms with Crippen LogP contribution in [0.4, 0.5) is 0 Å². The highest BCUT2D eigenvalue weighted by molar-refractivity contribution is 5.84. The number of rotatable bonds is 4. The fourth-order valence-electron chi connectivity index (χ4n) is 3.49. The zero-order valence-corrected chi connectivity index (χ0v) is 14.0. The van der Waals surface area contributed by atoms with Gasteiger partial charge in [-0.05, 0) is 29.0 Å². The van der Waals surface area contributed by atoms with Gasteiger partial charge in [0.2, 0.25) is 5.91 Å². The summed E-state index contributed by atoms with van der Waals surface area (Å²) < 4.78 is 0. The molecule has 2 aromatic rings. The fourth-order valence-corrected chi connectivity index (χ4v) is 3.49. The van der Waals surface area contributed by atoms with Crippen molar-refractivity contribution < 1.29 is 4.79 Å². The molecule has 23 heavy (non-hydrogen) atoms. The molecule has 0 aliphatic carbocycles. The summed E-state index contributed by atoms with van der Waals surface area (Å²) in [6.07, 6.45) is 1.97. The van der Waals surface area contributed by atoms with E-state index in [0.717, 1.165) is 31.5 Å². The smallest absolute Gasteiger partial charge is 0.230 e. The number of nitrogens with zero attached hydrogens (tertiary/aromatic N) is 1. The highest BCUT2D eigenvalue weighted by atomic mass is 16.2. The summed E-state index contributed by atoms with van der Waals surface area (Å²) in [6.45, 7) is 5.93. The van der Waals surface area contributed by atoms with Crippen molar-refractivity contribution >= 4 is 5.91 Å². The Bertz CT molecular complexity index is 665. The molecule has 0 fully saturated rings. The molecule has 0 saturated heterocycles. The lowest BCUT2D eigenvalue weighted by Gasteiger charge is -2.34. The van der Waals surface area contributed by atoms with E-state index in [2.05, 4.69) is 50.2 Å². The lowest BCUT2D eigenvalue weighted by Crippen LogP contribution is -2.40. The van der Waals surface area contributed by atoms with Crippen LogP contribution in [-0.4, -0.2) is 17.4 Å². The highest BCUT2D eigenvalue weighted by Gasteiger charge is 2.31. The number of hydrogen-bond acceptors (Lipinski definition) is 1. The molecule has 2 unspecified atom stereocenters. The van der Waals surface area contributed by atoms with Gasteiger partial charge in [-0.1, -0.05) is 74.9 Å². The molecule has 1 aliphatic heterocycles. The summed E-state index contributed by atoms with van der Waals surface area (Å²) in [4.78, 5) is 15.3. The fraction of sp³-hybridized carbons (Fsp3) is 0.381. The second-order valence-corrected chi connectivity index (χ2v) is 6.55. The van der Waals surface area contributed by atoms with Crippen molar-refractivity contribution in [2.75, 3.05) is 6.54 Å². The number of fused-ring (bicyclic) bond motifs is 1. The normalized spacial score (nSPS) is 16.5. The van der Waals surface area contributed by atoms with E-state index in [-0.39, 0.29) is 11.8 Å². The van der Waals surface area contributed by atoms with Gasteiger partial charge in [-0.3, -0.25) is 4.79 Å². The Labute approximate surface area is 139 Å². The van der Waals surface area contributed by atoms with Crippen molar-refractivity contribution in [3.63, 3.8) is 0 Å². The number of amides is 1. The molecular weight excluding hydrogens is 282 g/mol. The largest absolute Gasteiger partial charge is 0.337 e. The Hall–Kier alpha value is -2.09. The third kappa shape index (κ3) is 3.31. The van der Waals surface area contributed by atoms with Crippen LogP contribution >= 0.6 is 0 Å². The molecule has 2 aromatic carbocycles. The molecule has 1 heterocycles. The average molecular weight is 307 g/mol. The zero-order valence-electron chi connectivity index (χ0n) is 14.0. The number of carbonyl (C=O) groups excluding carboxylic acids is 1. The van der Waals surface area contributed by atoms with Crippen molar-refractivity contribution in [3.05, 3.63) is 71.3 Å². The first-order chi connectivity index (χ1) is 11.2. The quantitative estimate of drug-likeness (QED) is 0.820. The summed E-state index contributed by atoms with van der Waals surface area (Å²) >= 11 is 0. The van der Waals surface area contributed by atoms with Crippen LogP contribution in [-0.2, 0) is 17.8 Å². The number of benzene rings is 2. The van der Waals surface area contributed by atoms with E-state index in [1.807, 2.05) is 23.1 Å². The molecule has 0 spiro atoms. The minimum atomic E-state index is -0.0357. The van der Waals surface area contributed by atoms with Gasteiger partial charge < -0.3 is 4.90 Å². The van der Waals surface area contributed by atoms with Gasteiger partial charge in [0.05, 0.1) is 5.92 Å². The molecule has 2 nitrogen and oxygen atoms in total. The van der Waals surface area contributed by atoms with Crippen LogP contribution in [0.1, 0.15) is 42.9 Å². The van der Waals surface area contributed by atoms with Gasteiger partial charge >= 0.3 is 0 Å². The summed E-state index contributed by atoms with van der Waals surface area (Å²) in [5, 5.41) is 0. The summed E-state index contributed by atoms with van der Waals surface area (Å²) in [5.74, 6) is 0.591. The average Bonchev–Trinajstić information content (AvgIpc) is 2.62. The first-order valence-corrected chi connectivity index (χ1v) is 8.61. The van der Waals surface area contributed by atoms with Crippen LogP contribution in [0.3, 0.4) is 0 Å². The summed E-state index contributed by atoms with van der Waals surface area (Å²) in [7, 11) is 0. The Balaban J connectivity index is 1.85. The van der Waals surface area contributed by atoms with Crippen molar-refractivity contribution in [3.8, 4) is 0 Å². The molecule has 3 rings (SSSR count). The van der Waals surface area contributed by atoms with Gasteiger partial charge in [0.15, 0.2) is 0 Å². The molecule has 0 radical (unpaired) electrons. The van der Waals surface area contributed by atoms with E-state index < -0.39 is 0 Å². The monoisotopic (exact) mass is 307 g/mol. The molecule has 2 atom stereocenters. The van der Waals surface area contributed by atoms with E-state index in [0.29, 0.717) is 5.92 Å². The maximum absolute atomic E-state index is 13.2. The standard InChI is InChI=1S/C21H25NO/c1-3-16(2)20(18-10-5-4-6-11-18)21(23)22-14-13-17-9-7-8-12-19(17)15-22/h4-12,16,20H,3,13-15H2,1-2H3. The predicted molar refractivity (Wildman–Crippen MR) is 94.2 cm³/mol. The van der Waals surface area contributed by atoms with E-state index >= 15 is 0 Å². The minimum absolute atomic E-state index is 0.0357. The summed E-state index contributed by atoms with van der Waals surface area (Å²) in [6, 6.07) is 18.7. The van der Waals surface area contributed by atoms with Gasteiger partial charge in [-0.2, -0.15) is 0 Å². The Morgan fingerprint density at radius 2 is 1.70 bits per heavy atom. The third-order valence-electron chi connectivity index (χ3n) is 5.08. The van der Waals surface area contributed by atoms with E-state index in [9.17, 15) is 4.79 Å². The first kappa shape index (κ1) is 15.8. The Kier molecular flexibility index (Phi) is 4.80. The second kappa shape index (κ2) is 6.99. The van der Waals surface area contributed by atoms with Crippen LogP contribution < -0.4 is 0 Å². The Morgan fingerprint density at radius 1 is 1.04 bits per heavy atom. The molecule has 0 aromatic heterocycles. The van der Waals surface area contributed by atoms with Crippen LogP contribution in [0.5, 0.6) is 0 Å². The highest BCUT2D eigenvalue weighted by Crippen LogP contribution is 2.31. The van der Waals surface area contributed by atoms with Gasteiger partial charge in [0.1, 0.15) is 0 Å². The molecule has 2 heteroatoms. The molecule has 120 valence electrons. The van der Waals surface area contributed by atoms with E-state index in [1.165, 1.54) is 11.1 Å². The van der Waals surface area contributed by atoms with Gasteiger partial charge in [-0.15, -0.1) is 0 Å². The van der Waals surface area contributed by atoms with Crippen LogP contribution in [0.25, 0.3) is 0 Å². The lowest BCUT2D eigenvalue weighted by molar-refractivity contribution is -0.135. The van der Waals surface area contributed by atoms with Gasteiger partial charge in [0, 0.05) is 13.1 Å². The SMILES string of the molecule is CCC(C)C(C(=O)N1CCc2ccccc2C1)c1ccccc1. The second-order valence-electron chi connectivity index (χ2n) is 6.55. The molecule has 0 saturated carbocycles. The molecule has 1 amide bonds. The van der Waals surface area contributed by atoms with Crippen molar-refractivity contribution in [2.45, 2.75) is 39.2 Å². The maximum atomic E-state index is 13.2. The van der Waals surface area contributed by atoms with E-state index in [1.54, 1.807) is 0 Å². The van der Waals surface area contributed by atoms with Gasteiger partial charge in [0.25, 0.3) is 0 Å². The third-order valence-corrected chi connectivity index (χ3v) is 5.08. The van der Waals surface area contributed by atoms with Crippen LogP contribution in [0.15, 0.2) is 54.6 Å². The van der Waals surface area contributed by atoms with Crippen LogP contribution in [0, 0.1) is 5.92 Å². The maximum Gasteiger partial charge on any atom is 0.230 e. The number of carbonyl (C=O) groups is 1. The van der Waals surface area contributed by atoms with Crippen molar-refractivity contribution in [1.29, 1.82) is 0 Å². The zero-order chi connectivity index (χ0) is 16.2. The molecular formula is C21H25NO. The topological polar surface area (TPSA) is 20.3 Å². The number of hydrogen-bond donors (Lipinski definition) is 0. The molecule has 0 bridgehead atoms. The van der Waals surface area contributed by atoms with Crippen molar-refractivity contribution in [2.24, 2.45) is 5.92 Å². The molecule has 1 aliphatic rings. The predicted octanol–water partition coefficient (Wildman–Crippen LogP) is 4.40. The van der Waals surface area contributed by atoms with Crippen molar-refractivity contribution in [1.82, 2.24) is 4.90 Å². The van der Waals surface area contributed by atoms with Crippen LogP contribution in [0.2, 0.25) is 0 Å². The van der Waals surface area contributed by atoms with E-state index in [4.69, 9.17) is 0 Å².